The Morgan fingerprint density at radius 3 is 2.29 bits per heavy atom. The Bertz CT molecular complexity index is 250. The van der Waals surface area contributed by atoms with Gasteiger partial charge in [-0.05, 0) is 37.0 Å². The second-order valence-electron chi connectivity index (χ2n) is 6.76. The number of likely N-dealkylation sites (tertiary alicyclic amines) is 1. The Morgan fingerprint density at radius 1 is 0.941 bits per heavy atom. The van der Waals surface area contributed by atoms with Gasteiger partial charge in [-0.2, -0.15) is 0 Å². The van der Waals surface area contributed by atoms with Crippen molar-refractivity contribution in [1.29, 1.82) is 0 Å². The summed E-state index contributed by atoms with van der Waals surface area (Å²) in [5, 5.41) is 9.43. The summed E-state index contributed by atoms with van der Waals surface area (Å²) >= 11 is 0. The van der Waals surface area contributed by atoms with Gasteiger partial charge in [-0.3, -0.25) is 4.90 Å². The van der Waals surface area contributed by atoms with Gasteiger partial charge in [-0.15, -0.1) is 0 Å². The van der Waals surface area contributed by atoms with Gasteiger partial charge in [0.1, 0.15) is 0 Å². The molecular formula is C15H27NO. The van der Waals surface area contributed by atoms with Crippen molar-refractivity contribution >= 4 is 0 Å². The van der Waals surface area contributed by atoms with Gasteiger partial charge in [-0.1, -0.05) is 32.1 Å². The number of nitrogens with zero attached hydrogens (tertiary/aromatic N) is 1. The van der Waals surface area contributed by atoms with Crippen LogP contribution >= 0.6 is 0 Å². The fourth-order valence-electron chi connectivity index (χ4n) is 4.56. The van der Waals surface area contributed by atoms with Crippen LogP contribution in [0.2, 0.25) is 0 Å². The van der Waals surface area contributed by atoms with Gasteiger partial charge in [0.2, 0.25) is 0 Å². The van der Waals surface area contributed by atoms with Crippen LogP contribution in [-0.2, 0) is 0 Å². The Morgan fingerprint density at radius 2 is 1.65 bits per heavy atom. The fourth-order valence-corrected chi connectivity index (χ4v) is 4.56. The Kier molecular flexibility index (Phi) is 3.45. The van der Waals surface area contributed by atoms with Crippen molar-refractivity contribution < 1.29 is 5.11 Å². The largest absolute Gasteiger partial charge is 0.396 e. The van der Waals surface area contributed by atoms with E-state index in [-0.39, 0.29) is 0 Å². The van der Waals surface area contributed by atoms with E-state index in [0.717, 1.165) is 0 Å². The first kappa shape index (κ1) is 12.0. The van der Waals surface area contributed by atoms with Gasteiger partial charge >= 0.3 is 0 Å². The Hall–Kier alpha value is -0.0800. The molecule has 98 valence electrons. The molecule has 0 aromatic rings. The highest BCUT2D eigenvalue weighted by molar-refractivity contribution is 5.00. The predicted molar refractivity (Wildman–Crippen MR) is 69.9 cm³/mol. The molecule has 2 saturated carbocycles. The topological polar surface area (TPSA) is 23.5 Å². The lowest BCUT2D eigenvalue weighted by molar-refractivity contribution is -0.0564. The van der Waals surface area contributed by atoms with Crippen molar-refractivity contribution in [2.45, 2.75) is 63.8 Å². The molecule has 1 saturated heterocycles. The van der Waals surface area contributed by atoms with Gasteiger partial charge in [0.15, 0.2) is 0 Å². The summed E-state index contributed by atoms with van der Waals surface area (Å²) in [6, 6.07) is 0.717. The van der Waals surface area contributed by atoms with Crippen LogP contribution in [-0.4, -0.2) is 35.7 Å². The molecule has 2 aliphatic carbocycles. The SMILES string of the molecule is OCC1CCCC1N1CC2(CCCCCC2)C1. The van der Waals surface area contributed by atoms with Crippen LogP contribution in [0.5, 0.6) is 0 Å². The second-order valence-corrected chi connectivity index (χ2v) is 6.76. The monoisotopic (exact) mass is 237 g/mol. The average molecular weight is 237 g/mol. The van der Waals surface area contributed by atoms with Crippen LogP contribution in [0.15, 0.2) is 0 Å². The van der Waals surface area contributed by atoms with Crippen molar-refractivity contribution in [3.63, 3.8) is 0 Å². The molecule has 1 N–H and O–H groups in total. The lowest BCUT2D eigenvalue weighted by Gasteiger charge is -2.54. The summed E-state index contributed by atoms with van der Waals surface area (Å²) in [6.07, 6.45) is 12.7. The maximum absolute atomic E-state index is 9.43. The van der Waals surface area contributed by atoms with Crippen LogP contribution < -0.4 is 0 Å². The molecule has 3 fully saturated rings. The summed E-state index contributed by atoms with van der Waals surface area (Å²) < 4.78 is 0. The van der Waals surface area contributed by atoms with E-state index < -0.39 is 0 Å². The molecule has 2 nitrogen and oxygen atoms in total. The first-order valence-corrected chi connectivity index (χ1v) is 7.68. The van der Waals surface area contributed by atoms with Crippen molar-refractivity contribution in [2.75, 3.05) is 19.7 Å². The minimum Gasteiger partial charge on any atom is -0.396 e. The molecule has 0 radical (unpaired) electrons. The molecule has 0 bridgehead atoms. The molecule has 1 aliphatic heterocycles. The molecule has 2 heteroatoms. The summed E-state index contributed by atoms with van der Waals surface area (Å²) in [5.74, 6) is 0.582. The Labute approximate surface area is 105 Å². The molecule has 17 heavy (non-hydrogen) atoms. The van der Waals surface area contributed by atoms with Gasteiger partial charge in [0.05, 0.1) is 0 Å². The molecule has 3 aliphatic rings. The average Bonchev–Trinajstić information content (AvgIpc) is 2.62. The number of aliphatic hydroxyl groups excluding tert-OH is 1. The van der Waals surface area contributed by atoms with E-state index in [0.29, 0.717) is 24.0 Å². The highest BCUT2D eigenvalue weighted by atomic mass is 16.3. The van der Waals surface area contributed by atoms with Crippen molar-refractivity contribution in [3.05, 3.63) is 0 Å². The minimum atomic E-state index is 0.411. The van der Waals surface area contributed by atoms with Gasteiger partial charge in [0.25, 0.3) is 0 Å². The summed E-state index contributed by atoms with van der Waals surface area (Å²) in [7, 11) is 0. The van der Waals surface area contributed by atoms with Crippen LogP contribution in [0, 0.1) is 11.3 Å². The van der Waals surface area contributed by atoms with E-state index in [2.05, 4.69) is 4.90 Å². The first-order valence-electron chi connectivity index (χ1n) is 7.68. The number of aliphatic hydroxyl groups is 1. The standard InChI is InChI=1S/C15H27NO/c17-10-13-6-5-7-14(13)16-11-15(12-16)8-3-1-2-4-9-15/h13-14,17H,1-12H2. The third-order valence-corrected chi connectivity index (χ3v) is 5.56. The number of hydrogen-bond donors (Lipinski definition) is 1. The summed E-state index contributed by atoms with van der Waals surface area (Å²) in [4.78, 5) is 2.69. The van der Waals surface area contributed by atoms with Gasteiger partial charge in [0, 0.05) is 25.7 Å². The van der Waals surface area contributed by atoms with E-state index >= 15 is 0 Å². The molecule has 1 spiro atoms. The first-order chi connectivity index (χ1) is 8.33. The van der Waals surface area contributed by atoms with Gasteiger partial charge in [-0.25, -0.2) is 0 Å². The van der Waals surface area contributed by atoms with Crippen molar-refractivity contribution in [3.8, 4) is 0 Å². The molecule has 2 atom stereocenters. The molecule has 0 aromatic carbocycles. The van der Waals surface area contributed by atoms with E-state index in [1.165, 1.54) is 70.9 Å². The number of hydrogen-bond acceptors (Lipinski definition) is 2. The van der Waals surface area contributed by atoms with Crippen LogP contribution in [0.25, 0.3) is 0 Å². The molecule has 2 unspecified atom stereocenters. The third kappa shape index (κ3) is 2.26. The highest BCUT2D eigenvalue weighted by Crippen LogP contribution is 2.46. The maximum Gasteiger partial charge on any atom is 0.0474 e. The van der Waals surface area contributed by atoms with E-state index in [1.54, 1.807) is 0 Å². The summed E-state index contributed by atoms with van der Waals surface area (Å²) in [6.45, 7) is 3.09. The molecule has 1 heterocycles. The maximum atomic E-state index is 9.43. The van der Waals surface area contributed by atoms with Crippen molar-refractivity contribution in [1.82, 2.24) is 4.90 Å². The fraction of sp³-hybridized carbons (Fsp3) is 1.00. The van der Waals surface area contributed by atoms with E-state index in [9.17, 15) is 5.11 Å². The minimum absolute atomic E-state index is 0.411. The van der Waals surface area contributed by atoms with Crippen LogP contribution in [0.1, 0.15) is 57.8 Å². The lowest BCUT2D eigenvalue weighted by Crippen LogP contribution is -2.60. The summed E-state index contributed by atoms with van der Waals surface area (Å²) in [5.41, 5.74) is 0.694. The number of rotatable bonds is 2. The Balaban J connectivity index is 1.56. The molecule has 0 aromatic heterocycles. The smallest absolute Gasteiger partial charge is 0.0474 e. The zero-order valence-corrected chi connectivity index (χ0v) is 11.0. The van der Waals surface area contributed by atoms with E-state index in [1.807, 2.05) is 0 Å². The van der Waals surface area contributed by atoms with Crippen LogP contribution in [0.3, 0.4) is 0 Å². The normalized spacial score (nSPS) is 37.9. The predicted octanol–water partition coefficient (Wildman–Crippen LogP) is 2.80. The van der Waals surface area contributed by atoms with Crippen molar-refractivity contribution in [2.24, 2.45) is 11.3 Å². The molecule has 0 amide bonds. The highest BCUT2D eigenvalue weighted by Gasteiger charge is 2.47. The lowest BCUT2D eigenvalue weighted by atomic mass is 9.72. The second kappa shape index (κ2) is 4.89. The molecular weight excluding hydrogens is 210 g/mol. The molecule has 3 rings (SSSR count). The zero-order valence-electron chi connectivity index (χ0n) is 11.0. The third-order valence-electron chi connectivity index (χ3n) is 5.56. The quantitative estimate of drug-likeness (QED) is 0.798. The van der Waals surface area contributed by atoms with Crippen LogP contribution in [0.4, 0.5) is 0 Å². The van der Waals surface area contributed by atoms with Gasteiger partial charge < -0.3 is 5.11 Å². The zero-order chi connectivity index (χ0) is 11.7. The van der Waals surface area contributed by atoms with E-state index in [4.69, 9.17) is 0 Å².